The molecule has 1 unspecified atom stereocenters. The van der Waals surface area contributed by atoms with E-state index in [1.165, 1.54) is 0 Å². The van der Waals surface area contributed by atoms with Gasteiger partial charge < -0.3 is 0 Å². The molecule has 0 aromatic heterocycles. The van der Waals surface area contributed by atoms with Gasteiger partial charge in [-0.05, 0) is 32.6 Å². The average molecular weight is 327 g/mol. The summed E-state index contributed by atoms with van der Waals surface area (Å²) in [7, 11) is -3.36. The van der Waals surface area contributed by atoms with Crippen LogP contribution >= 0.6 is 15.9 Å². The van der Waals surface area contributed by atoms with E-state index in [2.05, 4.69) is 27.6 Å². The van der Waals surface area contributed by atoms with E-state index >= 15 is 0 Å². The molecule has 1 aliphatic heterocycles. The van der Waals surface area contributed by atoms with Crippen molar-refractivity contribution in [1.29, 1.82) is 0 Å². The van der Waals surface area contributed by atoms with Gasteiger partial charge in [-0.1, -0.05) is 29.8 Å². The van der Waals surface area contributed by atoms with Crippen molar-refractivity contribution in [3.8, 4) is 0 Å². The van der Waals surface area contributed by atoms with Crippen molar-refractivity contribution >= 4 is 26.1 Å². The maximum absolute atomic E-state index is 12.2. The summed E-state index contributed by atoms with van der Waals surface area (Å²) in [5.41, 5.74) is -0.484. The van der Waals surface area contributed by atoms with Crippen molar-refractivity contribution in [2.75, 3.05) is 13.1 Å². The molecule has 0 aromatic carbocycles. The number of nitrogens with one attached hydrogen (secondary N) is 1. The molecule has 0 bridgehead atoms. The van der Waals surface area contributed by atoms with Gasteiger partial charge in [0.15, 0.2) is 0 Å². The third-order valence-corrected chi connectivity index (χ3v) is 6.44. The molecule has 17 heavy (non-hydrogen) atoms. The van der Waals surface area contributed by atoms with E-state index in [9.17, 15) is 8.42 Å². The van der Waals surface area contributed by atoms with E-state index in [1.807, 2.05) is 20.8 Å². The molecule has 1 heterocycles. The fraction of sp³-hybridized carbons (Fsp3) is 1.00. The highest BCUT2D eigenvalue weighted by molar-refractivity contribution is 9.09. The first kappa shape index (κ1) is 15.4. The zero-order valence-corrected chi connectivity index (χ0v) is 13.4. The molecule has 1 aliphatic rings. The molecule has 1 rings (SSSR count). The summed E-state index contributed by atoms with van der Waals surface area (Å²) in [5.74, 6) is 0.629. The normalized spacial score (nSPS) is 22.6. The van der Waals surface area contributed by atoms with Gasteiger partial charge in [0.05, 0.1) is 0 Å². The van der Waals surface area contributed by atoms with E-state index in [1.54, 1.807) is 4.31 Å². The highest BCUT2D eigenvalue weighted by Gasteiger charge is 2.34. The highest BCUT2D eigenvalue weighted by atomic mass is 79.9. The van der Waals surface area contributed by atoms with Crippen molar-refractivity contribution in [3.63, 3.8) is 0 Å². The third-order valence-electron chi connectivity index (χ3n) is 3.47. The Morgan fingerprint density at radius 1 is 1.35 bits per heavy atom. The van der Waals surface area contributed by atoms with Gasteiger partial charge in [0.2, 0.25) is 0 Å². The minimum atomic E-state index is -3.36. The molecule has 4 nitrogen and oxygen atoms in total. The zero-order chi connectivity index (χ0) is 13.3. The van der Waals surface area contributed by atoms with Crippen molar-refractivity contribution < 1.29 is 8.42 Å². The monoisotopic (exact) mass is 326 g/mol. The predicted octanol–water partition coefficient (Wildman–Crippen LogP) is 2.11. The first-order chi connectivity index (χ1) is 7.65. The number of piperidine rings is 1. The maximum Gasteiger partial charge on any atom is 0.279 e. The van der Waals surface area contributed by atoms with Crippen LogP contribution in [0.5, 0.6) is 0 Å². The molecule has 1 fully saturated rings. The fourth-order valence-corrected chi connectivity index (χ4v) is 3.63. The van der Waals surface area contributed by atoms with Gasteiger partial charge in [-0.3, -0.25) is 0 Å². The molecule has 1 N–H and O–H groups in total. The second kappa shape index (κ2) is 5.55. The largest absolute Gasteiger partial charge is 0.279 e. The lowest BCUT2D eigenvalue weighted by Gasteiger charge is -2.35. The molecular weight excluding hydrogens is 304 g/mol. The maximum atomic E-state index is 12.2. The smallest absolute Gasteiger partial charge is 0.195 e. The number of hydrogen-bond acceptors (Lipinski definition) is 2. The Hall–Kier alpha value is 0.350. The first-order valence-corrected chi connectivity index (χ1v) is 8.44. The number of alkyl halides is 1. The standard InChI is InChI=1S/C11H23BrN2O2S/c1-9-5-7-14(8-6-9)17(15,16)13-11(3,4)10(2)12/h9-10,13H,5-8H2,1-4H3. The summed E-state index contributed by atoms with van der Waals surface area (Å²) in [6.45, 7) is 9.14. The Bertz CT molecular complexity index is 346. The lowest BCUT2D eigenvalue weighted by atomic mass is 10.0. The molecule has 0 radical (unpaired) electrons. The average Bonchev–Trinajstić information content (AvgIpc) is 2.16. The summed E-state index contributed by atoms with van der Waals surface area (Å²) in [6, 6.07) is 0. The number of hydrogen-bond donors (Lipinski definition) is 1. The van der Waals surface area contributed by atoms with Gasteiger partial charge in [0.1, 0.15) is 0 Å². The van der Waals surface area contributed by atoms with E-state index in [0.29, 0.717) is 19.0 Å². The fourth-order valence-electron chi connectivity index (χ4n) is 1.70. The summed E-state index contributed by atoms with van der Waals surface area (Å²) in [6.07, 6.45) is 1.90. The molecule has 1 saturated heterocycles. The summed E-state index contributed by atoms with van der Waals surface area (Å²) in [4.78, 5) is 0.0773. The topological polar surface area (TPSA) is 49.4 Å². The zero-order valence-electron chi connectivity index (χ0n) is 11.0. The molecular formula is C11H23BrN2O2S. The van der Waals surface area contributed by atoms with Gasteiger partial charge in [0, 0.05) is 23.5 Å². The molecule has 6 heteroatoms. The number of nitrogens with zero attached hydrogens (tertiary/aromatic N) is 1. The SMILES string of the molecule is CC1CCN(S(=O)(=O)NC(C)(C)C(C)Br)CC1. The predicted molar refractivity (Wildman–Crippen MR) is 74.5 cm³/mol. The van der Waals surface area contributed by atoms with Gasteiger partial charge in [0.25, 0.3) is 10.2 Å². The van der Waals surface area contributed by atoms with Crippen molar-refractivity contribution in [2.24, 2.45) is 5.92 Å². The van der Waals surface area contributed by atoms with Crippen LogP contribution in [0.15, 0.2) is 0 Å². The van der Waals surface area contributed by atoms with Crippen molar-refractivity contribution in [2.45, 2.75) is 50.9 Å². The molecule has 1 atom stereocenters. The van der Waals surface area contributed by atoms with Crippen LogP contribution in [-0.2, 0) is 10.2 Å². The van der Waals surface area contributed by atoms with E-state index in [0.717, 1.165) is 12.8 Å². The van der Waals surface area contributed by atoms with Crippen LogP contribution in [0, 0.1) is 5.92 Å². The Balaban J connectivity index is 2.69. The van der Waals surface area contributed by atoms with E-state index < -0.39 is 15.7 Å². The van der Waals surface area contributed by atoms with E-state index in [4.69, 9.17) is 0 Å². The van der Waals surface area contributed by atoms with Gasteiger partial charge >= 0.3 is 0 Å². The summed E-state index contributed by atoms with van der Waals surface area (Å²) < 4.78 is 28.7. The number of halogens is 1. The van der Waals surface area contributed by atoms with Crippen LogP contribution in [-0.4, -0.2) is 36.2 Å². The van der Waals surface area contributed by atoms with Crippen LogP contribution in [0.3, 0.4) is 0 Å². The van der Waals surface area contributed by atoms with Crippen molar-refractivity contribution in [1.82, 2.24) is 9.03 Å². The van der Waals surface area contributed by atoms with Crippen LogP contribution in [0.1, 0.15) is 40.5 Å². The molecule has 0 aromatic rings. The molecule has 0 spiro atoms. The minimum absolute atomic E-state index is 0.0773. The summed E-state index contributed by atoms with van der Waals surface area (Å²) >= 11 is 3.44. The second-order valence-electron chi connectivity index (χ2n) is 5.53. The first-order valence-electron chi connectivity index (χ1n) is 6.08. The van der Waals surface area contributed by atoms with Crippen molar-refractivity contribution in [3.05, 3.63) is 0 Å². The third kappa shape index (κ3) is 4.19. The van der Waals surface area contributed by atoms with Crippen LogP contribution < -0.4 is 4.72 Å². The van der Waals surface area contributed by atoms with Gasteiger partial charge in [-0.25, -0.2) is 0 Å². The number of rotatable bonds is 4. The quantitative estimate of drug-likeness (QED) is 0.804. The Morgan fingerprint density at radius 2 is 1.82 bits per heavy atom. The minimum Gasteiger partial charge on any atom is -0.195 e. The second-order valence-corrected chi connectivity index (χ2v) is 8.57. The molecule has 0 aliphatic carbocycles. The van der Waals surface area contributed by atoms with Gasteiger partial charge in [-0.2, -0.15) is 17.4 Å². The molecule has 102 valence electrons. The van der Waals surface area contributed by atoms with Gasteiger partial charge in [-0.15, -0.1) is 0 Å². The Kier molecular flexibility index (Phi) is 5.03. The molecule has 0 saturated carbocycles. The lowest BCUT2D eigenvalue weighted by molar-refractivity contribution is 0.279. The Labute approximate surface area is 113 Å². The van der Waals surface area contributed by atoms with Crippen LogP contribution in [0.25, 0.3) is 0 Å². The van der Waals surface area contributed by atoms with Crippen LogP contribution in [0.2, 0.25) is 0 Å². The highest BCUT2D eigenvalue weighted by Crippen LogP contribution is 2.22. The Morgan fingerprint density at radius 3 is 2.24 bits per heavy atom. The molecule has 0 amide bonds. The van der Waals surface area contributed by atoms with E-state index in [-0.39, 0.29) is 4.83 Å². The lowest BCUT2D eigenvalue weighted by Crippen LogP contribution is -2.55. The van der Waals surface area contributed by atoms with Crippen LogP contribution in [0.4, 0.5) is 0 Å². The summed E-state index contributed by atoms with van der Waals surface area (Å²) in [5, 5.41) is 0.